The second kappa shape index (κ2) is 8.01. The lowest BCUT2D eigenvalue weighted by Gasteiger charge is -2.33. The molecule has 1 saturated heterocycles. The zero-order valence-corrected chi connectivity index (χ0v) is 15.8. The monoisotopic (exact) mass is 333 g/mol. The highest BCUT2D eigenvalue weighted by Crippen LogP contribution is 2.22. The number of hydrogen-bond acceptors (Lipinski definition) is 6. The van der Waals surface area contributed by atoms with E-state index in [2.05, 4.69) is 60.1 Å². The van der Waals surface area contributed by atoms with E-state index in [1.165, 1.54) is 31.8 Å². The molecule has 0 aliphatic carbocycles. The Bertz CT molecular complexity index is 515. The summed E-state index contributed by atoms with van der Waals surface area (Å²) in [5, 5.41) is 6.71. The van der Waals surface area contributed by atoms with Crippen LogP contribution in [0.2, 0.25) is 0 Å². The molecule has 1 aromatic heterocycles. The maximum Gasteiger partial charge on any atom is 0.225 e. The smallest absolute Gasteiger partial charge is 0.225 e. The third kappa shape index (κ3) is 6.15. The molecule has 2 rings (SSSR count). The summed E-state index contributed by atoms with van der Waals surface area (Å²) in [5.74, 6) is 3.51. The molecular formula is C18H33N6. The number of likely N-dealkylation sites (tertiary alicyclic amines) is 1. The van der Waals surface area contributed by atoms with Crippen LogP contribution in [0, 0.1) is 11.8 Å². The normalized spacial score (nSPS) is 17.2. The molecule has 1 aliphatic rings. The van der Waals surface area contributed by atoms with Gasteiger partial charge in [-0.15, -0.1) is 0 Å². The molecule has 6 heteroatoms. The first-order valence-corrected chi connectivity index (χ1v) is 8.89. The summed E-state index contributed by atoms with van der Waals surface area (Å²) in [5.41, 5.74) is 6.54. The second-order valence-electron chi connectivity index (χ2n) is 8.18. The van der Waals surface area contributed by atoms with Gasteiger partial charge >= 0.3 is 0 Å². The van der Waals surface area contributed by atoms with E-state index in [1.54, 1.807) is 6.20 Å². The number of piperidine rings is 1. The summed E-state index contributed by atoms with van der Waals surface area (Å²) in [6.07, 6.45) is 4.11. The predicted molar refractivity (Wildman–Crippen MR) is 102 cm³/mol. The minimum atomic E-state index is -0.0748. The molecule has 1 radical (unpaired) electrons. The lowest BCUT2D eigenvalue weighted by Crippen LogP contribution is -2.37. The zero-order chi connectivity index (χ0) is 17.7. The number of rotatable bonds is 6. The minimum absolute atomic E-state index is 0.0748. The maximum absolute atomic E-state index is 6.02. The van der Waals surface area contributed by atoms with Crippen LogP contribution >= 0.6 is 0 Å². The molecule has 0 bridgehead atoms. The van der Waals surface area contributed by atoms with Gasteiger partial charge in [-0.2, -0.15) is 4.98 Å². The number of nitrogens with two attached hydrogens (primary N) is 1. The molecule has 2 heterocycles. The van der Waals surface area contributed by atoms with Crippen molar-refractivity contribution in [1.29, 1.82) is 0 Å². The Morgan fingerprint density at radius 3 is 2.54 bits per heavy atom. The lowest BCUT2D eigenvalue weighted by atomic mass is 9.96. The van der Waals surface area contributed by atoms with Gasteiger partial charge in [0.05, 0.1) is 11.9 Å². The Morgan fingerprint density at radius 2 is 1.96 bits per heavy atom. The number of nitrogen functional groups attached to an aromatic ring is 1. The first-order chi connectivity index (χ1) is 11.2. The van der Waals surface area contributed by atoms with Crippen molar-refractivity contribution in [3.63, 3.8) is 0 Å². The fourth-order valence-corrected chi connectivity index (χ4v) is 2.97. The van der Waals surface area contributed by atoms with E-state index in [9.17, 15) is 0 Å². The van der Waals surface area contributed by atoms with Crippen LogP contribution in [-0.2, 0) is 0 Å². The Labute approximate surface area is 146 Å². The van der Waals surface area contributed by atoms with E-state index < -0.39 is 0 Å². The maximum atomic E-state index is 6.02. The summed E-state index contributed by atoms with van der Waals surface area (Å²) in [7, 11) is 0. The zero-order valence-electron chi connectivity index (χ0n) is 15.8. The molecule has 1 fully saturated rings. The largest absolute Gasteiger partial charge is 0.394 e. The van der Waals surface area contributed by atoms with Crippen LogP contribution in [0.3, 0.4) is 0 Å². The fourth-order valence-electron chi connectivity index (χ4n) is 2.97. The average Bonchev–Trinajstić information content (AvgIpc) is 2.47. The van der Waals surface area contributed by atoms with Gasteiger partial charge in [0.1, 0.15) is 0 Å². The van der Waals surface area contributed by atoms with E-state index in [1.807, 2.05) is 0 Å². The van der Waals surface area contributed by atoms with Gasteiger partial charge < -0.3 is 21.3 Å². The number of hydrogen-bond donors (Lipinski definition) is 3. The van der Waals surface area contributed by atoms with Crippen LogP contribution in [-0.4, -0.2) is 46.6 Å². The van der Waals surface area contributed by atoms with Gasteiger partial charge in [0.15, 0.2) is 5.82 Å². The number of aromatic nitrogens is 2. The van der Waals surface area contributed by atoms with Crippen molar-refractivity contribution in [3.05, 3.63) is 12.1 Å². The minimum Gasteiger partial charge on any atom is -0.394 e. The molecule has 1 aromatic rings. The van der Waals surface area contributed by atoms with Crippen molar-refractivity contribution in [2.24, 2.45) is 5.92 Å². The molecule has 0 spiro atoms. The number of anilines is 3. The van der Waals surface area contributed by atoms with E-state index in [0.717, 1.165) is 18.9 Å². The van der Waals surface area contributed by atoms with Crippen molar-refractivity contribution in [3.8, 4) is 0 Å². The quantitative estimate of drug-likeness (QED) is 0.743. The van der Waals surface area contributed by atoms with Crippen LogP contribution < -0.4 is 16.4 Å². The number of nitrogens with one attached hydrogen (secondary N) is 2. The predicted octanol–water partition coefficient (Wildman–Crippen LogP) is 3.01. The molecule has 0 unspecified atom stereocenters. The lowest BCUT2D eigenvalue weighted by molar-refractivity contribution is 0.196. The van der Waals surface area contributed by atoms with Crippen molar-refractivity contribution >= 4 is 17.5 Å². The van der Waals surface area contributed by atoms with Crippen LogP contribution in [0.25, 0.3) is 0 Å². The SMILES string of the molecule is C[C](C)CN1CCC(CNc2nc(NC(C)(C)C)ncc2N)CC1. The third-order valence-corrected chi connectivity index (χ3v) is 4.11. The highest BCUT2D eigenvalue weighted by atomic mass is 15.2. The van der Waals surface area contributed by atoms with Crippen molar-refractivity contribution in [2.75, 3.05) is 42.5 Å². The standard InChI is InChI=1S/C18H33N6/c1-13(2)12-24-8-6-14(7-9-24)10-20-16-15(19)11-21-17(22-16)23-18(3,4)5/h11,14H,6-10,12,19H2,1-5H3,(H2,20,21,22,23). The first-order valence-electron chi connectivity index (χ1n) is 8.89. The Kier molecular flexibility index (Phi) is 6.27. The van der Waals surface area contributed by atoms with Crippen molar-refractivity contribution in [1.82, 2.24) is 14.9 Å². The van der Waals surface area contributed by atoms with Crippen LogP contribution in [0.1, 0.15) is 47.5 Å². The van der Waals surface area contributed by atoms with Gasteiger partial charge in [-0.3, -0.25) is 0 Å². The molecule has 0 saturated carbocycles. The third-order valence-electron chi connectivity index (χ3n) is 4.11. The van der Waals surface area contributed by atoms with Gasteiger partial charge in [0.2, 0.25) is 5.95 Å². The molecule has 6 nitrogen and oxygen atoms in total. The van der Waals surface area contributed by atoms with Crippen molar-refractivity contribution in [2.45, 2.75) is 53.0 Å². The number of nitrogens with zero attached hydrogens (tertiary/aromatic N) is 3. The van der Waals surface area contributed by atoms with Gasteiger partial charge in [-0.1, -0.05) is 13.8 Å². The van der Waals surface area contributed by atoms with E-state index in [4.69, 9.17) is 5.73 Å². The summed E-state index contributed by atoms with van der Waals surface area (Å²) < 4.78 is 0. The van der Waals surface area contributed by atoms with E-state index >= 15 is 0 Å². The summed E-state index contributed by atoms with van der Waals surface area (Å²) in [6, 6.07) is 0. The van der Waals surface area contributed by atoms with E-state index in [-0.39, 0.29) is 5.54 Å². The second-order valence-corrected chi connectivity index (χ2v) is 8.18. The summed E-state index contributed by atoms with van der Waals surface area (Å²) in [4.78, 5) is 11.3. The first kappa shape index (κ1) is 18.8. The Hall–Kier alpha value is -1.56. The van der Waals surface area contributed by atoms with Gasteiger partial charge in [-0.25, -0.2) is 4.98 Å². The fraction of sp³-hybridized carbons (Fsp3) is 0.722. The molecular weight excluding hydrogens is 300 g/mol. The summed E-state index contributed by atoms with van der Waals surface area (Å²) >= 11 is 0. The van der Waals surface area contributed by atoms with Gasteiger partial charge in [0, 0.05) is 18.6 Å². The molecule has 0 amide bonds. The molecule has 0 atom stereocenters. The van der Waals surface area contributed by atoms with Crippen LogP contribution in [0.15, 0.2) is 6.20 Å². The highest BCUT2D eigenvalue weighted by Gasteiger charge is 2.20. The van der Waals surface area contributed by atoms with Gasteiger partial charge in [-0.05, 0) is 58.5 Å². The molecule has 4 N–H and O–H groups in total. The molecule has 0 aromatic carbocycles. The molecule has 135 valence electrons. The van der Waals surface area contributed by atoms with Crippen LogP contribution in [0.5, 0.6) is 0 Å². The Morgan fingerprint density at radius 1 is 1.29 bits per heavy atom. The summed E-state index contributed by atoms with van der Waals surface area (Å²) in [6.45, 7) is 15.1. The molecule has 24 heavy (non-hydrogen) atoms. The van der Waals surface area contributed by atoms with Crippen molar-refractivity contribution < 1.29 is 0 Å². The van der Waals surface area contributed by atoms with Crippen LogP contribution in [0.4, 0.5) is 17.5 Å². The van der Waals surface area contributed by atoms with Gasteiger partial charge in [0.25, 0.3) is 0 Å². The Balaban J connectivity index is 1.85. The van der Waals surface area contributed by atoms with E-state index in [0.29, 0.717) is 17.6 Å². The average molecular weight is 334 g/mol. The molecule has 1 aliphatic heterocycles. The highest BCUT2D eigenvalue weighted by molar-refractivity contribution is 5.61. The topological polar surface area (TPSA) is 79.1 Å².